The summed E-state index contributed by atoms with van der Waals surface area (Å²) in [6.07, 6.45) is 8.35. The summed E-state index contributed by atoms with van der Waals surface area (Å²) in [5, 5.41) is 14.4. The number of hydrogen-bond donors (Lipinski definition) is 1. The van der Waals surface area contributed by atoms with Gasteiger partial charge < -0.3 is 9.84 Å². The smallest absolute Gasteiger partial charge is 0.157 e. The van der Waals surface area contributed by atoms with E-state index < -0.39 is 0 Å². The number of rotatable bonds is 4. The fourth-order valence-electron chi connectivity index (χ4n) is 2.83. The van der Waals surface area contributed by atoms with E-state index in [1.165, 1.54) is 12.0 Å². The Hall–Kier alpha value is -1.81. The lowest BCUT2D eigenvalue weighted by atomic mass is 10.1. The molecule has 1 aromatic carbocycles. The Kier molecular flexibility index (Phi) is 4.55. The van der Waals surface area contributed by atoms with Crippen LogP contribution in [0.3, 0.4) is 0 Å². The molecule has 1 aliphatic carbocycles. The zero-order valence-corrected chi connectivity index (χ0v) is 12.2. The van der Waals surface area contributed by atoms with E-state index in [-0.39, 0.29) is 12.2 Å². The highest BCUT2D eigenvalue weighted by molar-refractivity contribution is 5.17. The molecule has 0 saturated heterocycles. The molecule has 1 saturated carbocycles. The van der Waals surface area contributed by atoms with Crippen LogP contribution in [0.25, 0.3) is 0 Å². The van der Waals surface area contributed by atoms with Crippen molar-refractivity contribution in [3.63, 3.8) is 0 Å². The molecule has 2 atom stereocenters. The van der Waals surface area contributed by atoms with Crippen LogP contribution >= 0.6 is 0 Å². The number of aromatic nitrogens is 2. The molecule has 2 aromatic rings. The maximum Gasteiger partial charge on any atom is 0.157 e. The van der Waals surface area contributed by atoms with Crippen molar-refractivity contribution < 1.29 is 9.84 Å². The standard InChI is InChI=1S/C17H22N2O2/c20-16-9-5-2-6-10-17(16)21-15-11-18-19(13-15)12-14-7-3-1-4-8-14/h1,3-4,7-8,11,13,16-17,20H,2,5-6,9-10,12H2/t16-,17-/m1/s1. The van der Waals surface area contributed by atoms with Crippen LogP contribution in [0.1, 0.15) is 37.7 Å². The van der Waals surface area contributed by atoms with Crippen molar-refractivity contribution >= 4 is 0 Å². The zero-order chi connectivity index (χ0) is 14.5. The number of benzene rings is 1. The van der Waals surface area contributed by atoms with Crippen LogP contribution in [0.2, 0.25) is 0 Å². The van der Waals surface area contributed by atoms with E-state index in [1.807, 2.05) is 29.1 Å². The van der Waals surface area contributed by atoms with Crippen LogP contribution in [0.15, 0.2) is 42.7 Å². The fourth-order valence-corrected chi connectivity index (χ4v) is 2.83. The lowest BCUT2D eigenvalue weighted by molar-refractivity contribution is 0.0319. The monoisotopic (exact) mass is 286 g/mol. The molecule has 1 N–H and O–H groups in total. The van der Waals surface area contributed by atoms with Gasteiger partial charge in [0.05, 0.1) is 25.0 Å². The Labute approximate surface area is 125 Å². The van der Waals surface area contributed by atoms with Crippen molar-refractivity contribution in [1.29, 1.82) is 0 Å². The molecule has 0 bridgehead atoms. The third kappa shape index (κ3) is 3.85. The van der Waals surface area contributed by atoms with Gasteiger partial charge in [0, 0.05) is 0 Å². The van der Waals surface area contributed by atoms with Gasteiger partial charge in [0.1, 0.15) is 6.10 Å². The molecule has 1 aromatic heterocycles. The number of nitrogens with zero attached hydrogens (tertiary/aromatic N) is 2. The molecule has 0 aliphatic heterocycles. The first-order valence-electron chi connectivity index (χ1n) is 7.72. The van der Waals surface area contributed by atoms with E-state index in [4.69, 9.17) is 4.74 Å². The van der Waals surface area contributed by atoms with Gasteiger partial charge in [-0.2, -0.15) is 5.10 Å². The minimum Gasteiger partial charge on any atom is -0.484 e. The van der Waals surface area contributed by atoms with E-state index in [1.54, 1.807) is 6.20 Å². The van der Waals surface area contributed by atoms with Crippen molar-refractivity contribution in [2.45, 2.75) is 50.9 Å². The fraction of sp³-hybridized carbons (Fsp3) is 0.471. The van der Waals surface area contributed by atoms with Crippen molar-refractivity contribution in [2.24, 2.45) is 0 Å². The maximum atomic E-state index is 10.1. The summed E-state index contributed by atoms with van der Waals surface area (Å²) >= 11 is 0. The van der Waals surface area contributed by atoms with Crippen LogP contribution in [0.4, 0.5) is 0 Å². The molecule has 21 heavy (non-hydrogen) atoms. The van der Waals surface area contributed by atoms with Gasteiger partial charge in [-0.15, -0.1) is 0 Å². The van der Waals surface area contributed by atoms with Gasteiger partial charge in [-0.05, 0) is 24.8 Å². The van der Waals surface area contributed by atoms with Crippen LogP contribution in [-0.4, -0.2) is 27.1 Å². The average Bonchev–Trinajstić information content (AvgIpc) is 2.83. The number of aliphatic hydroxyl groups is 1. The molecule has 0 spiro atoms. The maximum absolute atomic E-state index is 10.1. The van der Waals surface area contributed by atoms with Gasteiger partial charge in [-0.3, -0.25) is 4.68 Å². The molecule has 0 unspecified atom stereocenters. The summed E-state index contributed by atoms with van der Waals surface area (Å²) in [6, 6.07) is 10.2. The Morgan fingerprint density at radius 1 is 1.14 bits per heavy atom. The van der Waals surface area contributed by atoms with Crippen molar-refractivity contribution in [3.8, 4) is 5.75 Å². The Balaban J connectivity index is 1.62. The Morgan fingerprint density at radius 3 is 2.81 bits per heavy atom. The molecule has 112 valence electrons. The zero-order valence-electron chi connectivity index (χ0n) is 12.2. The first-order valence-corrected chi connectivity index (χ1v) is 7.72. The van der Waals surface area contributed by atoms with Gasteiger partial charge >= 0.3 is 0 Å². The molecular formula is C17H22N2O2. The molecule has 3 rings (SSSR count). The molecular weight excluding hydrogens is 264 g/mol. The van der Waals surface area contributed by atoms with Gasteiger partial charge in [0.2, 0.25) is 0 Å². The summed E-state index contributed by atoms with van der Waals surface area (Å²) in [5.74, 6) is 0.747. The van der Waals surface area contributed by atoms with Gasteiger partial charge in [0.25, 0.3) is 0 Å². The van der Waals surface area contributed by atoms with E-state index in [0.29, 0.717) is 0 Å². The van der Waals surface area contributed by atoms with Gasteiger partial charge in [-0.1, -0.05) is 43.2 Å². The van der Waals surface area contributed by atoms with Crippen molar-refractivity contribution in [3.05, 3.63) is 48.3 Å². The first-order chi connectivity index (χ1) is 10.3. The first kappa shape index (κ1) is 14.1. The second-order valence-electron chi connectivity index (χ2n) is 5.72. The van der Waals surface area contributed by atoms with E-state index in [0.717, 1.165) is 38.0 Å². The topological polar surface area (TPSA) is 47.3 Å². The summed E-state index contributed by atoms with van der Waals surface area (Å²) in [7, 11) is 0. The van der Waals surface area contributed by atoms with E-state index in [9.17, 15) is 5.11 Å². The predicted molar refractivity (Wildman–Crippen MR) is 81.3 cm³/mol. The lowest BCUT2D eigenvalue weighted by Crippen LogP contribution is -2.30. The summed E-state index contributed by atoms with van der Waals surface area (Å²) in [5.41, 5.74) is 1.21. The van der Waals surface area contributed by atoms with Crippen LogP contribution in [0.5, 0.6) is 5.75 Å². The minimum atomic E-state index is -0.357. The second kappa shape index (κ2) is 6.76. The van der Waals surface area contributed by atoms with E-state index >= 15 is 0 Å². The van der Waals surface area contributed by atoms with Crippen LogP contribution < -0.4 is 4.74 Å². The largest absolute Gasteiger partial charge is 0.484 e. The lowest BCUT2D eigenvalue weighted by Gasteiger charge is -2.20. The molecule has 4 nitrogen and oxygen atoms in total. The molecule has 0 amide bonds. The highest BCUT2D eigenvalue weighted by Gasteiger charge is 2.23. The predicted octanol–water partition coefficient (Wildman–Crippen LogP) is 3.00. The average molecular weight is 286 g/mol. The van der Waals surface area contributed by atoms with Crippen LogP contribution in [0, 0.1) is 0 Å². The molecule has 4 heteroatoms. The summed E-state index contributed by atoms with van der Waals surface area (Å²) in [6.45, 7) is 0.734. The van der Waals surface area contributed by atoms with Crippen molar-refractivity contribution in [1.82, 2.24) is 9.78 Å². The normalized spacial score (nSPS) is 22.7. The summed E-state index contributed by atoms with van der Waals surface area (Å²) < 4.78 is 7.80. The van der Waals surface area contributed by atoms with Crippen molar-refractivity contribution in [2.75, 3.05) is 0 Å². The third-order valence-electron chi connectivity index (χ3n) is 4.00. The highest BCUT2D eigenvalue weighted by Crippen LogP contribution is 2.23. The molecule has 0 radical (unpaired) electrons. The van der Waals surface area contributed by atoms with E-state index in [2.05, 4.69) is 17.2 Å². The highest BCUT2D eigenvalue weighted by atomic mass is 16.5. The molecule has 1 fully saturated rings. The molecule has 1 aliphatic rings. The molecule has 1 heterocycles. The SMILES string of the molecule is O[C@@H]1CCCCC[C@H]1Oc1cnn(Cc2ccccc2)c1. The number of ether oxygens (including phenoxy) is 1. The minimum absolute atomic E-state index is 0.0955. The quantitative estimate of drug-likeness (QED) is 0.879. The third-order valence-corrected chi connectivity index (χ3v) is 4.00. The van der Waals surface area contributed by atoms with Gasteiger partial charge in [0.15, 0.2) is 5.75 Å². The van der Waals surface area contributed by atoms with Gasteiger partial charge in [-0.25, -0.2) is 0 Å². The Bertz CT molecular complexity index is 553. The second-order valence-corrected chi connectivity index (χ2v) is 5.72. The Morgan fingerprint density at radius 2 is 1.95 bits per heavy atom. The number of aliphatic hydroxyl groups excluding tert-OH is 1. The summed E-state index contributed by atoms with van der Waals surface area (Å²) in [4.78, 5) is 0. The van der Waals surface area contributed by atoms with Crippen LogP contribution in [-0.2, 0) is 6.54 Å². The number of hydrogen-bond acceptors (Lipinski definition) is 3.